The molecular weight excluding hydrogens is 224 g/mol. The van der Waals surface area contributed by atoms with E-state index in [1.54, 1.807) is 0 Å². The van der Waals surface area contributed by atoms with E-state index in [1.807, 2.05) is 30.3 Å². The Balaban J connectivity index is 1.97. The summed E-state index contributed by atoms with van der Waals surface area (Å²) >= 11 is 0. The maximum Gasteiger partial charge on any atom is 0.119 e. The smallest absolute Gasteiger partial charge is 0.119 e. The highest BCUT2D eigenvalue weighted by Crippen LogP contribution is 2.08. The van der Waals surface area contributed by atoms with Crippen LogP contribution in [0.1, 0.15) is 25.7 Å². The topological polar surface area (TPSA) is 38.5 Å². The number of rotatable bonds is 10. The predicted molar refractivity (Wildman–Crippen MR) is 77.0 cm³/mol. The quantitative estimate of drug-likeness (QED) is 0.648. The molecule has 3 nitrogen and oxygen atoms in total. The fourth-order valence-corrected chi connectivity index (χ4v) is 1.86. The van der Waals surface area contributed by atoms with E-state index in [4.69, 9.17) is 10.5 Å². The molecular formula is C15H26N2O. The molecule has 0 amide bonds. The average Bonchev–Trinajstić information content (AvgIpc) is 2.41. The summed E-state index contributed by atoms with van der Waals surface area (Å²) in [7, 11) is 2.17. The molecule has 0 saturated carbocycles. The maximum atomic E-state index is 5.66. The van der Waals surface area contributed by atoms with Crippen molar-refractivity contribution in [3.63, 3.8) is 0 Å². The summed E-state index contributed by atoms with van der Waals surface area (Å²) in [6, 6.07) is 9.99. The minimum atomic E-state index is 0.789. The van der Waals surface area contributed by atoms with E-state index in [-0.39, 0.29) is 0 Å². The Morgan fingerprint density at radius 3 is 2.44 bits per heavy atom. The Labute approximate surface area is 111 Å². The number of hydrogen-bond acceptors (Lipinski definition) is 3. The molecule has 102 valence electrons. The van der Waals surface area contributed by atoms with Gasteiger partial charge < -0.3 is 15.4 Å². The van der Waals surface area contributed by atoms with Crippen LogP contribution < -0.4 is 10.5 Å². The van der Waals surface area contributed by atoms with Gasteiger partial charge in [0.15, 0.2) is 0 Å². The Morgan fingerprint density at radius 1 is 1.00 bits per heavy atom. The average molecular weight is 250 g/mol. The molecule has 0 aliphatic carbocycles. The zero-order chi connectivity index (χ0) is 13.1. The molecule has 0 spiro atoms. The molecule has 1 aromatic carbocycles. The molecule has 1 aromatic rings. The van der Waals surface area contributed by atoms with Gasteiger partial charge in [-0.15, -0.1) is 0 Å². The molecule has 18 heavy (non-hydrogen) atoms. The van der Waals surface area contributed by atoms with Crippen molar-refractivity contribution in [2.75, 3.05) is 33.3 Å². The predicted octanol–water partition coefficient (Wildman–Crippen LogP) is 2.52. The minimum absolute atomic E-state index is 0.789. The third-order valence-corrected chi connectivity index (χ3v) is 2.94. The number of nitrogens with two attached hydrogens (primary N) is 1. The van der Waals surface area contributed by atoms with Gasteiger partial charge in [0.1, 0.15) is 5.75 Å². The molecule has 0 heterocycles. The molecule has 0 fully saturated rings. The lowest BCUT2D eigenvalue weighted by molar-refractivity contribution is 0.260. The highest BCUT2D eigenvalue weighted by atomic mass is 16.5. The van der Waals surface area contributed by atoms with Crippen LogP contribution in [0.4, 0.5) is 0 Å². The molecule has 0 atom stereocenters. The van der Waals surface area contributed by atoms with E-state index in [0.29, 0.717) is 0 Å². The van der Waals surface area contributed by atoms with Crippen LogP contribution in [-0.4, -0.2) is 38.2 Å². The van der Waals surface area contributed by atoms with Crippen LogP contribution in [0.2, 0.25) is 0 Å². The normalized spacial score (nSPS) is 10.8. The van der Waals surface area contributed by atoms with Crippen molar-refractivity contribution >= 4 is 0 Å². The third-order valence-electron chi connectivity index (χ3n) is 2.94. The van der Waals surface area contributed by atoms with Gasteiger partial charge in [0.2, 0.25) is 0 Å². The molecule has 1 rings (SSSR count). The van der Waals surface area contributed by atoms with Crippen LogP contribution in [-0.2, 0) is 0 Å². The molecule has 0 unspecified atom stereocenters. The zero-order valence-electron chi connectivity index (χ0n) is 11.5. The monoisotopic (exact) mass is 250 g/mol. The van der Waals surface area contributed by atoms with E-state index in [2.05, 4.69) is 11.9 Å². The lowest BCUT2D eigenvalue weighted by Gasteiger charge is -2.16. The van der Waals surface area contributed by atoms with E-state index in [1.165, 1.54) is 12.8 Å². The largest absolute Gasteiger partial charge is 0.494 e. The first-order valence-corrected chi connectivity index (χ1v) is 6.89. The summed E-state index contributed by atoms with van der Waals surface area (Å²) in [4.78, 5) is 2.37. The van der Waals surface area contributed by atoms with Gasteiger partial charge >= 0.3 is 0 Å². The van der Waals surface area contributed by atoms with Crippen LogP contribution in [0.3, 0.4) is 0 Å². The summed E-state index contributed by atoms with van der Waals surface area (Å²) < 4.78 is 5.66. The SMILES string of the molecule is CN(CCCCCN)CCCOc1ccccc1. The Bertz CT molecular complexity index is 290. The fourth-order valence-electron chi connectivity index (χ4n) is 1.86. The Hall–Kier alpha value is -1.06. The van der Waals surface area contributed by atoms with Gasteiger partial charge in [-0.1, -0.05) is 24.6 Å². The van der Waals surface area contributed by atoms with Crippen LogP contribution in [0.25, 0.3) is 0 Å². The second kappa shape index (κ2) is 9.92. The van der Waals surface area contributed by atoms with E-state index in [9.17, 15) is 0 Å². The van der Waals surface area contributed by atoms with Gasteiger partial charge in [0.05, 0.1) is 6.61 Å². The van der Waals surface area contributed by atoms with Gasteiger partial charge in [0, 0.05) is 6.54 Å². The molecule has 2 N–H and O–H groups in total. The van der Waals surface area contributed by atoms with Gasteiger partial charge in [-0.2, -0.15) is 0 Å². The van der Waals surface area contributed by atoms with Gasteiger partial charge in [-0.25, -0.2) is 0 Å². The molecule has 0 radical (unpaired) electrons. The van der Waals surface area contributed by atoms with Crippen molar-refractivity contribution in [3.05, 3.63) is 30.3 Å². The lowest BCUT2D eigenvalue weighted by atomic mass is 10.2. The number of ether oxygens (including phenoxy) is 1. The lowest BCUT2D eigenvalue weighted by Crippen LogP contribution is -2.22. The zero-order valence-corrected chi connectivity index (χ0v) is 11.5. The molecule has 0 aliphatic rings. The van der Waals surface area contributed by atoms with Crippen molar-refractivity contribution in [3.8, 4) is 5.75 Å². The second-order valence-electron chi connectivity index (χ2n) is 4.67. The van der Waals surface area contributed by atoms with Crippen LogP contribution >= 0.6 is 0 Å². The molecule has 3 heteroatoms. The molecule has 0 aliphatic heterocycles. The maximum absolute atomic E-state index is 5.66. The van der Waals surface area contributed by atoms with Crippen molar-refractivity contribution < 1.29 is 4.74 Å². The number of para-hydroxylation sites is 1. The van der Waals surface area contributed by atoms with Crippen molar-refractivity contribution in [1.29, 1.82) is 0 Å². The van der Waals surface area contributed by atoms with E-state index in [0.717, 1.165) is 44.8 Å². The third kappa shape index (κ3) is 7.30. The molecule has 0 bridgehead atoms. The summed E-state index contributed by atoms with van der Waals surface area (Å²) in [5.74, 6) is 0.961. The van der Waals surface area contributed by atoms with Gasteiger partial charge in [0.25, 0.3) is 0 Å². The Morgan fingerprint density at radius 2 is 1.72 bits per heavy atom. The number of nitrogens with zero attached hydrogens (tertiary/aromatic N) is 1. The number of unbranched alkanes of at least 4 members (excludes halogenated alkanes) is 2. The van der Waals surface area contributed by atoms with Crippen molar-refractivity contribution in [1.82, 2.24) is 4.90 Å². The first kappa shape index (κ1) is 15.0. The highest BCUT2D eigenvalue weighted by molar-refractivity contribution is 5.20. The van der Waals surface area contributed by atoms with Crippen LogP contribution in [0.5, 0.6) is 5.75 Å². The molecule has 0 saturated heterocycles. The van der Waals surface area contributed by atoms with Crippen molar-refractivity contribution in [2.24, 2.45) is 5.73 Å². The van der Waals surface area contributed by atoms with E-state index >= 15 is 0 Å². The molecule has 0 aromatic heterocycles. The Kier molecular flexibility index (Phi) is 8.26. The summed E-state index contributed by atoms with van der Waals surface area (Å²) in [6.07, 6.45) is 4.70. The summed E-state index contributed by atoms with van der Waals surface area (Å²) in [6.45, 7) is 3.85. The standard InChI is InChI=1S/C15H26N2O/c1-17(12-7-3-6-11-16)13-8-14-18-15-9-4-2-5-10-15/h2,4-5,9-10H,3,6-8,11-14,16H2,1H3. The number of hydrogen-bond donors (Lipinski definition) is 1. The second-order valence-corrected chi connectivity index (χ2v) is 4.67. The van der Waals surface area contributed by atoms with Crippen LogP contribution in [0, 0.1) is 0 Å². The summed E-state index contributed by atoms with van der Waals surface area (Å²) in [5, 5.41) is 0. The van der Waals surface area contributed by atoms with E-state index < -0.39 is 0 Å². The highest BCUT2D eigenvalue weighted by Gasteiger charge is 1.98. The summed E-state index contributed by atoms with van der Waals surface area (Å²) in [5.41, 5.74) is 5.47. The number of benzene rings is 1. The first-order valence-electron chi connectivity index (χ1n) is 6.89. The van der Waals surface area contributed by atoms with Crippen LogP contribution in [0.15, 0.2) is 30.3 Å². The van der Waals surface area contributed by atoms with Gasteiger partial charge in [-0.3, -0.25) is 0 Å². The first-order chi connectivity index (χ1) is 8.83. The van der Waals surface area contributed by atoms with Crippen molar-refractivity contribution in [2.45, 2.75) is 25.7 Å². The fraction of sp³-hybridized carbons (Fsp3) is 0.600. The minimum Gasteiger partial charge on any atom is -0.494 e. The van der Waals surface area contributed by atoms with Gasteiger partial charge in [-0.05, 0) is 51.5 Å².